The Kier molecular flexibility index (Phi) is 6.76. The normalized spacial score (nSPS) is 29.7. The van der Waals surface area contributed by atoms with Crippen LogP contribution in [-0.2, 0) is 0 Å². The van der Waals surface area contributed by atoms with Crippen molar-refractivity contribution in [2.24, 2.45) is 23.7 Å². The molecule has 1 N–H and O–H groups in total. The van der Waals surface area contributed by atoms with Crippen LogP contribution in [0.1, 0.15) is 78.4 Å². The zero-order valence-electron chi connectivity index (χ0n) is 18.6. The Hall–Kier alpha value is -0.283. The minimum absolute atomic E-state index is 0.522. The van der Waals surface area contributed by atoms with Gasteiger partial charge in [0.2, 0.25) is 0 Å². The standard InChI is InChI=1S/C23H40BrNSi/c1-13(2)20-11-19(24)12-21(14(3)4)22(20)25-26(9,10)23-17(7)15(5)16(6)18(23)8/h11-18,23,25H,1-10H3. The fraction of sp³-hybridized carbons (Fsp3) is 0.739. The van der Waals surface area contributed by atoms with Gasteiger partial charge >= 0.3 is 0 Å². The van der Waals surface area contributed by atoms with Gasteiger partial charge in [0, 0.05) is 10.2 Å². The molecular formula is C23H40BrNSi. The molecular weight excluding hydrogens is 398 g/mol. The van der Waals surface area contributed by atoms with E-state index in [-0.39, 0.29) is 0 Å². The van der Waals surface area contributed by atoms with Crippen molar-refractivity contribution in [3.63, 3.8) is 0 Å². The predicted octanol–water partition coefficient (Wildman–Crippen LogP) is 8.24. The number of halogens is 1. The molecule has 1 aromatic rings. The summed E-state index contributed by atoms with van der Waals surface area (Å²) in [6.45, 7) is 24.3. The molecule has 0 spiro atoms. The van der Waals surface area contributed by atoms with Gasteiger partial charge in [-0.1, -0.05) is 84.4 Å². The summed E-state index contributed by atoms with van der Waals surface area (Å²) in [5.74, 6) is 4.29. The maximum atomic E-state index is 4.21. The molecule has 1 aromatic carbocycles. The number of rotatable bonds is 5. The molecule has 0 aliphatic heterocycles. The molecule has 26 heavy (non-hydrogen) atoms. The fourth-order valence-electron chi connectivity index (χ4n) is 5.52. The van der Waals surface area contributed by atoms with E-state index in [2.05, 4.69) is 102 Å². The quantitative estimate of drug-likeness (QED) is 0.456. The molecule has 0 saturated heterocycles. The van der Waals surface area contributed by atoms with Gasteiger partial charge in [-0.3, -0.25) is 0 Å². The topological polar surface area (TPSA) is 12.0 Å². The van der Waals surface area contributed by atoms with Crippen molar-refractivity contribution in [2.75, 3.05) is 4.98 Å². The van der Waals surface area contributed by atoms with Crippen LogP contribution < -0.4 is 4.98 Å². The van der Waals surface area contributed by atoms with E-state index in [4.69, 9.17) is 0 Å². The van der Waals surface area contributed by atoms with Crippen molar-refractivity contribution in [1.29, 1.82) is 0 Å². The molecule has 4 unspecified atom stereocenters. The lowest BCUT2D eigenvalue weighted by Gasteiger charge is -2.39. The summed E-state index contributed by atoms with van der Waals surface area (Å²) in [5, 5.41) is 0. The average Bonchev–Trinajstić information content (AvgIpc) is 2.72. The Labute approximate surface area is 172 Å². The molecule has 0 radical (unpaired) electrons. The van der Waals surface area contributed by atoms with Crippen LogP contribution in [0.15, 0.2) is 16.6 Å². The minimum atomic E-state index is -1.66. The van der Waals surface area contributed by atoms with Crippen molar-refractivity contribution in [1.82, 2.24) is 0 Å². The maximum Gasteiger partial charge on any atom is 0.151 e. The van der Waals surface area contributed by atoms with Gasteiger partial charge in [0.15, 0.2) is 8.24 Å². The minimum Gasteiger partial charge on any atom is -0.410 e. The molecule has 1 nitrogen and oxygen atoms in total. The molecule has 2 rings (SSSR count). The third kappa shape index (κ3) is 4.09. The number of hydrogen-bond acceptors (Lipinski definition) is 1. The van der Waals surface area contributed by atoms with E-state index in [1.807, 2.05) is 0 Å². The second kappa shape index (κ2) is 7.99. The van der Waals surface area contributed by atoms with Crippen LogP contribution in [0.25, 0.3) is 0 Å². The van der Waals surface area contributed by atoms with Crippen molar-refractivity contribution in [2.45, 2.75) is 85.9 Å². The highest BCUT2D eigenvalue weighted by atomic mass is 79.9. The first-order valence-electron chi connectivity index (χ1n) is 10.5. The summed E-state index contributed by atoms with van der Waals surface area (Å²) in [4.78, 5) is 4.21. The molecule has 1 fully saturated rings. The SMILES string of the molecule is CC(C)c1cc(Br)cc(C(C)C)c1N[Si](C)(C)C1C(C)C(C)C(C)C1C. The first-order valence-corrected chi connectivity index (χ1v) is 14.4. The molecule has 1 aliphatic rings. The Morgan fingerprint density at radius 3 is 1.54 bits per heavy atom. The van der Waals surface area contributed by atoms with Crippen molar-refractivity contribution in [3.8, 4) is 0 Å². The average molecular weight is 439 g/mol. The van der Waals surface area contributed by atoms with E-state index in [0.717, 1.165) is 29.2 Å². The fourth-order valence-corrected chi connectivity index (χ4v) is 10.3. The zero-order valence-corrected chi connectivity index (χ0v) is 21.2. The van der Waals surface area contributed by atoms with Gasteiger partial charge in [0.25, 0.3) is 0 Å². The van der Waals surface area contributed by atoms with Crippen molar-refractivity contribution in [3.05, 3.63) is 27.7 Å². The van der Waals surface area contributed by atoms with Crippen LogP contribution in [-0.4, -0.2) is 8.24 Å². The molecule has 148 valence electrons. The van der Waals surface area contributed by atoms with Crippen LogP contribution in [0.2, 0.25) is 18.6 Å². The molecule has 3 heteroatoms. The molecule has 1 aliphatic carbocycles. The van der Waals surface area contributed by atoms with Crippen molar-refractivity contribution < 1.29 is 0 Å². The first kappa shape index (κ1) is 22.0. The van der Waals surface area contributed by atoms with Gasteiger partial charge in [-0.15, -0.1) is 0 Å². The molecule has 0 aromatic heterocycles. The Morgan fingerprint density at radius 1 is 0.808 bits per heavy atom. The summed E-state index contributed by atoms with van der Waals surface area (Å²) >= 11 is 3.75. The van der Waals surface area contributed by atoms with Crippen LogP contribution in [0.4, 0.5) is 5.69 Å². The summed E-state index contributed by atoms with van der Waals surface area (Å²) in [6.07, 6.45) is 0. The van der Waals surface area contributed by atoms with E-state index < -0.39 is 8.24 Å². The van der Waals surface area contributed by atoms with Gasteiger partial charge < -0.3 is 4.98 Å². The van der Waals surface area contributed by atoms with E-state index in [0.29, 0.717) is 11.8 Å². The first-order chi connectivity index (χ1) is 11.9. The number of nitrogens with one attached hydrogen (secondary N) is 1. The summed E-state index contributed by atoms with van der Waals surface area (Å²) in [6, 6.07) is 4.66. The Morgan fingerprint density at radius 2 is 1.19 bits per heavy atom. The van der Waals surface area contributed by atoms with Gasteiger partial charge in [0.05, 0.1) is 0 Å². The Bertz CT molecular complexity index is 594. The third-order valence-electron chi connectivity index (χ3n) is 7.31. The van der Waals surface area contributed by atoms with E-state index in [9.17, 15) is 0 Å². The molecule has 1 saturated carbocycles. The highest BCUT2D eigenvalue weighted by Crippen LogP contribution is 2.54. The lowest BCUT2D eigenvalue weighted by Crippen LogP contribution is -2.46. The van der Waals surface area contributed by atoms with Crippen LogP contribution in [0.3, 0.4) is 0 Å². The van der Waals surface area contributed by atoms with Gasteiger partial charge in [-0.25, -0.2) is 0 Å². The van der Waals surface area contributed by atoms with Crippen molar-refractivity contribution >= 4 is 29.9 Å². The molecule has 0 amide bonds. The van der Waals surface area contributed by atoms with E-state index >= 15 is 0 Å². The smallest absolute Gasteiger partial charge is 0.151 e. The van der Waals surface area contributed by atoms with Crippen LogP contribution >= 0.6 is 15.9 Å². The highest BCUT2D eigenvalue weighted by Gasteiger charge is 2.50. The monoisotopic (exact) mass is 437 g/mol. The summed E-state index contributed by atoms with van der Waals surface area (Å²) in [5.41, 5.74) is 5.17. The zero-order chi connectivity index (χ0) is 20.0. The van der Waals surface area contributed by atoms with Crippen LogP contribution in [0, 0.1) is 23.7 Å². The number of anilines is 1. The number of benzene rings is 1. The van der Waals surface area contributed by atoms with Gasteiger partial charge in [-0.05, 0) is 64.3 Å². The Balaban J connectivity index is 2.49. The third-order valence-corrected chi connectivity index (χ3v) is 11.4. The van der Waals surface area contributed by atoms with E-state index in [1.54, 1.807) is 0 Å². The number of hydrogen-bond donors (Lipinski definition) is 1. The lowest BCUT2D eigenvalue weighted by atomic mass is 9.92. The van der Waals surface area contributed by atoms with Gasteiger partial charge in [-0.2, -0.15) is 0 Å². The highest BCUT2D eigenvalue weighted by molar-refractivity contribution is 9.10. The maximum absolute atomic E-state index is 4.21. The second-order valence-corrected chi connectivity index (χ2v) is 15.4. The largest absolute Gasteiger partial charge is 0.410 e. The lowest BCUT2D eigenvalue weighted by molar-refractivity contribution is 0.352. The summed E-state index contributed by atoms with van der Waals surface area (Å²) in [7, 11) is -1.66. The molecule has 0 bridgehead atoms. The molecule has 0 heterocycles. The predicted molar refractivity (Wildman–Crippen MR) is 124 cm³/mol. The van der Waals surface area contributed by atoms with Gasteiger partial charge in [0.1, 0.15) is 0 Å². The second-order valence-electron chi connectivity index (χ2n) is 10.1. The summed E-state index contributed by atoms with van der Waals surface area (Å²) < 4.78 is 1.21. The van der Waals surface area contributed by atoms with Crippen LogP contribution in [0.5, 0.6) is 0 Å². The van der Waals surface area contributed by atoms with E-state index in [1.165, 1.54) is 21.3 Å². The molecule has 4 atom stereocenters.